The summed E-state index contributed by atoms with van der Waals surface area (Å²) in [6.07, 6.45) is 10.4. The van der Waals surface area contributed by atoms with E-state index < -0.39 is 0 Å². The summed E-state index contributed by atoms with van der Waals surface area (Å²) >= 11 is 1.65. The van der Waals surface area contributed by atoms with Crippen LogP contribution in [0.4, 0.5) is 0 Å². The second kappa shape index (κ2) is 9.17. The smallest absolute Gasteiger partial charge is 0.251 e. The second-order valence-corrected chi connectivity index (χ2v) is 7.12. The number of allylic oxidation sites excluding steroid dienone is 3. The summed E-state index contributed by atoms with van der Waals surface area (Å²) in [6.45, 7) is 0.551. The maximum absolute atomic E-state index is 13.0. The molecule has 0 fully saturated rings. The number of rotatable bonds is 6. The van der Waals surface area contributed by atoms with Gasteiger partial charge in [0.25, 0.3) is 5.91 Å². The molecule has 0 saturated heterocycles. The van der Waals surface area contributed by atoms with Crippen molar-refractivity contribution >= 4 is 23.3 Å². The maximum atomic E-state index is 13.0. The Morgan fingerprint density at radius 2 is 2.08 bits per heavy atom. The molecular weight excluding hydrogens is 342 g/mol. The van der Waals surface area contributed by atoms with E-state index in [4.69, 9.17) is 5.84 Å². The number of hydrazine groups is 1. The summed E-state index contributed by atoms with van der Waals surface area (Å²) in [7, 11) is 0. The number of thiophene rings is 1. The molecule has 0 atom stereocenters. The molecule has 0 saturated carbocycles. The molecule has 1 aliphatic rings. The third-order valence-corrected chi connectivity index (χ3v) is 5.06. The van der Waals surface area contributed by atoms with Gasteiger partial charge in [-0.25, -0.2) is 0 Å². The van der Waals surface area contributed by atoms with Crippen LogP contribution in [-0.4, -0.2) is 10.8 Å². The molecule has 1 aromatic heterocycles. The zero-order valence-corrected chi connectivity index (χ0v) is 15.4. The number of amides is 1. The van der Waals surface area contributed by atoms with Gasteiger partial charge in [-0.05, 0) is 48.4 Å². The van der Waals surface area contributed by atoms with E-state index in [0.29, 0.717) is 6.54 Å². The van der Waals surface area contributed by atoms with Gasteiger partial charge in [-0.1, -0.05) is 42.5 Å². The highest BCUT2D eigenvalue weighted by Gasteiger charge is 2.17. The lowest BCUT2D eigenvalue weighted by Gasteiger charge is -2.22. The van der Waals surface area contributed by atoms with Gasteiger partial charge >= 0.3 is 0 Å². The van der Waals surface area contributed by atoms with E-state index in [1.807, 2.05) is 58.8 Å². The molecular formula is C21H23N3OS. The van der Waals surface area contributed by atoms with Gasteiger partial charge in [0.1, 0.15) is 0 Å². The van der Waals surface area contributed by atoms with Gasteiger partial charge in [0, 0.05) is 22.3 Å². The van der Waals surface area contributed by atoms with Gasteiger partial charge in [0.15, 0.2) is 0 Å². The lowest BCUT2D eigenvalue weighted by Crippen LogP contribution is -2.28. The fraction of sp³-hybridized carbons (Fsp3) is 0.190. The number of nitrogens with two attached hydrogens (primary N) is 1. The van der Waals surface area contributed by atoms with Crippen molar-refractivity contribution in [3.8, 4) is 0 Å². The van der Waals surface area contributed by atoms with Gasteiger partial charge in [-0.3, -0.25) is 10.6 Å². The van der Waals surface area contributed by atoms with Crippen LogP contribution in [0.3, 0.4) is 0 Å². The van der Waals surface area contributed by atoms with Gasteiger partial charge in [0.2, 0.25) is 0 Å². The average molecular weight is 366 g/mol. The highest BCUT2D eigenvalue weighted by Crippen LogP contribution is 2.22. The summed E-state index contributed by atoms with van der Waals surface area (Å²) in [5.41, 5.74) is 5.60. The molecule has 3 rings (SSSR count). The van der Waals surface area contributed by atoms with Crippen molar-refractivity contribution in [1.82, 2.24) is 10.3 Å². The van der Waals surface area contributed by atoms with E-state index in [2.05, 4.69) is 17.6 Å². The highest BCUT2D eigenvalue weighted by atomic mass is 32.1. The first-order valence-electron chi connectivity index (χ1n) is 8.70. The van der Waals surface area contributed by atoms with Gasteiger partial charge in [-0.15, -0.1) is 11.3 Å². The summed E-state index contributed by atoms with van der Waals surface area (Å²) in [4.78, 5) is 15.9. The normalized spacial score (nSPS) is 14.5. The predicted molar refractivity (Wildman–Crippen MR) is 108 cm³/mol. The van der Waals surface area contributed by atoms with E-state index in [1.165, 1.54) is 0 Å². The van der Waals surface area contributed by atoms with Crippen molar-refractivity contribution in [2.45, 2.75) is 25.8 Å². The standard InChI is InChI=1S/C21H23N3OS/c22-23-18-9-4-5-10-19(15-18)24(16-20-11-6-14-26-20)21(25)13-12-17-7-2-1-3-8-17/h1-3,6-8,10-15,23H,4-5,9,16,22H2/b13-12+. The summed E-state index contributed by atoms with van der Waals surface area (Å²) < 4.78 is 0. The Balaban J connectivity index is 1.86. The number of carbonyl (C=O) groups is 1. The summed E-state index contributed by atoms with van der Waals surface area (Å²) in [6, 6.07) is 13.9. The summed E-state index contributed by atoms with van der Waals surface area (Å²) in [5.74, 6) is 5.58. The molecule has 134 valence electrons. The first kappa shape index (κ1) is 18.2. The van der Waals surface area contributed by atoms with Crippen LogP contribution < -0.4 is 11.3 Å². The van der Waals surface area contributed by atoms with E-state index in [1.54, 1.807) is 17.4 Å². The lowest BCUT2D eigenvalue weighted by atomic mass is 10.2. The predicted octanol–water partition coefficient (Wildman–Crippen LogP) is 4.21. The SMILES string of the molecule is NNC1=CC(N(Cc2cccs2)C(=O)/C=C/c2ccccc2)=CCCC1. The number of nitrogens with one attached hydrogen (secondary N) is 1. The molecule has 0 bridgehead atoms. The van der Waals surface area contributed by atoms with E-state index in [0.717, 1.165) is 41.1 Å². The third kappa shape index (κ3) is 4.94. The van der Waals surface area contributed by atoms with Crippen molar-refractivity contribution in [3.05, 3.63) is 87.9 Å². The molecule has 1 heterocycles. The van der Waals surface area contributed by atoms with Crippen LogP contribution in [0.1, 0.15) is 29.7 Å². The number of benzene rings is 1. The molecule has 2 aromatic rings. The van der Waals surface area contributed by atoms with Crippen LogP contribution in [0.25, 0.3) is 6.08 Å². The minimum Gasteiger partial charge on any atom is -0.328 e. The Kier molecular flexibility index (Phi) is 6.41. The molecule has 5 heteroatoms. The van der Waals surface area contributed by atoms with E-state index in [9.17, 15) is 4.79 Å². The Morgan fingerprint density at radius 1 is 1.23 bits per heavy atom. The van der Waals surface area contributed by atoms with Crippen LogP contribution in [0.5, 0.6) is 0 Å². The van der Waals surface area contributed by atoms with Crippen LogP contribution in [0, 0.1) is 0 Å². The third-order valence-electron chi connectivity index (χ3n) is 4.20. The molecule has 26 heavy (non-hydrogen) atoms. The maximum Gasteiger partial charge on any atom is 0.251 e. The molecule has 1 aliphatic carbocycles. The van der Waals surface area contributed by atoms with E-state index >= 15 is 0 Å². The molecule has 1 aromatic carbocycles. The van der Waals surface area contributed by atoms with Crippen LogP contribution in [0.15, 0.2) is 77.5 Å². The molecule has 0 spiro atoms. The molecule has 3 N–H and O–H groups in total. The number of carbonyl (C=O) groups excluding carboxylic acids is 1. The van der Waals surface area contributed by atoms with Crippen molar-refractivity contribution in [1.29, 1.82) is 0 Å². The Hall–Kier alpha value is -2.63. The molecule has 0 unspecified atom stereocenters. The minimum absolute atomic E-state index is 0.0389. The lowest BCUT2D eigenvalue weighted by molar-refractivity contribution is -0.124. The monoisotopic (exact) mass is 365 g/mol. The summed E-state index contributed by atoms with van der Waals surface area (Å²) in [5, 5.41) is 2.03. The fourth-order valence-corrected chi connectivity index (χ4v) is 3.52. The topological polar surface area (TPSA) is 58.4 Å². The van der Waals surface area contributed by atoms with Gasteiger partial charge in [-0.2, -0.15) is 0 Å². The van der Waals surface area contributed by atoms with Crippen LogP contribution >= 0.6 is 11.3 Å². The van der Waals surface area contributed by atoms with E-state index in [-0.39, 0.29) is 5.91 Å². The average Bonchev–Trinajstić information content (AvgIpc) is 3.08. The quantitative estimate of drug-likeness (QED) is 0.458. The van der Waals surface area contributed by atoms with Crippen molar-refractivity contribution < 1.29 is 4.79 Å². The molecule has 0 aliphatic heterocycles. The number of hydrogen-bond donors (Lipinski definition) is 2. The number of nitrogens with zero attached hydrogens (tertiary/aromatic N) is 1. The number of hydrogen-bond acceptors (Lipinski definition) is 4. The Morgan fingerprint density at radius 3 is 2.81 bits per heavy atom. The zero-order chi connectivity index (χ0) is 18.2. The Labute approximate surface area is 158 Å². The van der Waals surface area contributed by atoms with Crippen molar-refractivity contribution in [3.63, 3.8) is 0 Å². The Bertz CT molecular complexity index is 807. The molecule has 1 amide bonds. The van der Waals surface area contributed by atoms with Crippen molar-refractivity contribution in [2.24, 2.45) is 5.84 Å². The highest BCUT2D eigenvalue weighted by molar-refractivity contribution is 7.09. The van der Waals surface area contributed by atoms with Crippen molar-refractivity contribution in [2.75, 3.05) is 0 Å². The second-order valence-electron chi connectivity index (χ2n) is 6.08. The van der Waals surface area contributed by atoms with Crippen LogP contribution in [0.2, 0.25) is 0 Å². The first-order chi connectivity index (χ1) is 12.8. The van der Waals surface area contributed by atoms with Gasteiger partial charge in [0.05, 0.1) is 6.54 Å². The van der Waals surface area contributed by atoms with Gasteiger partial charge < -0.3 is 10.3 Å². The molecule has 0 radical (unpaired) electrons. The minimum atomic E-state index is -0.0389. The van der Waals surface area contributed by atoms with Crippen LogP contribution in [-0.2, 0) is 11.3 Å². The molecule has 4 nitrogen and oxygen atoms in total. The largest absolute Gasteiger partial charge is 0.328 e. The zero-order valence-electron chi connectivity index (χ0n) is 14.6. The first-order valence-corrected chi connectivity index (χ1v) is 9.58. The fourth-order valence-electron chi connectivity index (χ4n) is 2.83.